The van der Waals surface area contributed by atoms with Crippen LogP contribution in [0.2, 0.25) is 19.6 Å². The molecule has 2 nitrogen and oxygen atoms in total. The second-order valence-electron chi connectivity index (χ2n) is 6.12. The summed E-state index contributed by atoms with van der Waals surface area (Å²) in [6.45, 7) is 10.2. The smallest absolute Gasteiger partial charge is 0.129 e. The quantitative estimate of drug-likeness (QED) is 0.576. The third-order valence-corrected chi connectivity index (χ3v) is 4.09. The molecule has 0 amide bonds. The molecule has 1 aliphatic heterocycles. The highest BCUT2D eigenvalue weighted by molar-refractivity contribution is 6.83. The Morgan fingerprint density at radius 2 is 2.00 bits per heavy atom. The summed E-state index contributed by atoms with van der Waals surface area (Å²) in [7, 11) is 0.341. The minimum atomic E-state index is -1.35. The molecule has 1 heterocycles. The summed E-state index contributed by atoms with van der Waals surface area (Å²) in [6.07, 6.45) is 0. The van der Waals surface area contributed by atoms with Crippen LogP contribution in [-0.4, -0.2) is 21.8 Å². The van der Waals surface area contributed by atoms with E-state index in [9.17, 15) is 0 Å². The molecule has 20 heavy (non-hydrogen) atoms. The van der Waals surface area contributed by atoms with Crippen molar-refractivity contribution in [3.8, 4) is 17.2 Å². The fourth-order valence-electron chi connectivity index (χ4n) is 2.12. The van der Waals surface area contributed by atoms with Crippen LogP contribution in [0.1, 0.15) is 18.1 Å². The summed E-state index contributed by atoms with van der Waals surface area (Å²) in [6, 6.07) is 6.17. The number of benzene rings is 1. The Balaban J connectivity index is 2.43. The van der Waals surface area contributed by atoms with Crippen LogP contribution in [0.3, 0.4) is 0 Å². The lowest BCUT2D eigenvalue weighted by atomic mass is 9.95. The highest BCUT2D eigenvalue weighted by atomic mass is 28.3. The van der Waals surface area contributed by atoms with Gasteiger partial charge in [0.15, 0.2) is 0 Å². The van der Waals surface area contributed by atoms with Gasteiger partial charge in [0.1, 0.15) is 13.8 Å². The van der Waals surface area contributed by atoms with Crippen molar-refractivity contribution >= 4 is 13.6 Å². The van der Waals surface area contributed by atoms with Crippen molar-refractivity contribution in [1.29, 1.82) is 0 Å². The first kappa shape index (κ1) is 14.9. The van der Waals surface area contributed by atoms with Crippen molar-refractivity contribution in [3.05, 3.63) is 34.9 Å². The van der Waals surface area contributed by atoms with Gasteiger partial charge in [-0.15, -0.1) is 5.54 Å². The van der Waals surface area contributed by atoms with Gasteiger partial charge in [0.05, 0.1) is 20.3 Å². The first-order valence-corrected chi connectivity index (χ1v) is 10.4. The van der Waals surface area contributed by atoms with Crippen molar-refractivity contribution in [3.63, 3.8) is 0 Å². The minimum Gasteiger partial charge on any atom is -0.497 e. The molecule has 1 aromatic carbocycles. The Labute approximate surface area is 122 Å². The second-order valence-corrected chi connectivity index (χ2v) is 10.9. The van der Waals surface area contributed by atoms with E-state index in [-0.39, 0.29) is 0 Å². The Morgan fingerprint density at radius 3 is 2.65 bits per heavy atom. The van der Waals surface area contributed by atoms with Gasteiger partial charge in [0.25, 0.3) is 0 Å². The zero-order valence-electron chi connectivity index (χ0n) is 13.0. The number of fused-ring (bicyclic) bond motifs is 1. The average Bonchev–Trinajstić information content (AvgIpc) is 2.42. The molecule has 0 bridgehead atoms. The van der Waals surface area contributed by atoms with Crippen molar-refractivity contribution in [2.75, 3.05) is 13.7 Å². The molecule has 0 unspecified atom stereocenters. The van der Waals surface area contributed by atoms with Gasteiger partial charge in [-0.25, -0.2) is 0 Å². The lowest BCUT2D eigenvalue weighted by Gasteiger charge is -2.21. The van der Waals surface area contributed by atoms with E-state index in [4.69, 9.17) is 9.47 Å². The van der Waals surface area contributed by atoms with E-state index in [0.717, 1.165) is 11.3 Å². The highest BCUT2D eigenvalue weighted by Gasteiger charge is 2.17. The van der Waals surface area contributed by atoms with E-state index in [1.807, 2.05) is 12.1 Å². The van der Waals surface area contributed by atoms with Gasteiger partial charge in [-0.2, -0.15) is 0 Å². The minimum absolute atomic E-state index is 0.644. The van der Waals surface area contributed by atoms with Gasteiger partial charge in [-0.3, -0.25) is 0 Å². The summed E-state index contributed by atoms with van der Waals surface area (Å²) < 4.78 is 11.0. The summed E-state index contributed by atoms with van der Waals surface area (Å²) >= 11 is 0. The molecule has 0 saturated heterocycles. The first-order valence-electron chi connectivity index (χ1n) is 6.88. The normalized spacial score (nSPS) is 16.9. The summed E-state index contributed by atoms with van der Waals surface area (Å²) in [4.78, 5) is 0. The molecule has 1 aromatic rings. The van der Waals surface area contributed by atoms with E-state index in [0.29, 0.717) is 13.2 Å². The molecule has 0 radical (unpaired) electrons. The van der Waals surface area contributed by atoms with Crippen LogP contribution in [0.25, 0.3) is 5.57 Å². The van der Waals surface area contributed by atoms with Crippen molar-refractivity contribution in [2.45, 2.75) is 33.2 Å². The maximum atomic E-state index is 5.69. The lowest BCUT2D eigenvalue weighted by molar-refractivity contribution is 0.146. The molecule has 0 atom stereocenters. The molecular formula is C17H22O2Si. The zero-order chi connectivity index (χ0) is 14.8. The van der Waals surface area contributed by atoms with Gasteiger partial charge in [-0.05, 0) is 35.8 Å². The predicted molar refractivity (Wildman–Crippen MR) is 86.4 cm³/mol. The number of ether oxygens (including phenoxy) is 2. The Kier molecular flexibility index (Phi) is 4.37. The Hall–Kier alpha value is -1.50. The largest absolute Gasteiger partial charge is 0.497 e. The van der Waals surface area contributed by atoms with Crippen LogP contribution in [0.4, 0.5) is 0 Å². The molecule has 2 rings (SSSR count). The van der Waals surface area contributed by atoms with Gasteiger partial charge in [-0.1, -0.05) is 31.6 Å². The monoisotopic (exact) mass is 286 g/mol. The van der Waals surface area contributed by atoms with Crippen LogP contribution in [-0.2, 0) is 11.3 Å². The van der Waals surface area contributed by atoms with Crippen LogP contribution in [0, 0.1) is 11.5 Å². The van der Waals surface area contributed by atoms with E-state index < -0.39 is 8.07 Å². The maximum absolute atomic E-state index is 5.69. The predicted octanol–water partition coefficient (Wildman–Crippen LogP) is 3.88. The highest BCUT2D eigenvalue weighted by Crippen LogP contribution is 2.30. The number of methoxy groups -OCH3 is 1. The first-order chi connectivity index (χ1) is 9.40. The molecule has 0 aromatic heterocycles. The van der Waals surface area contributed by atoms with Gasteiger partial charge >= 0.3 is 0 Å². The molecule has 106 valence electrons. The van der Waals surface area contributed by atoms with Crippen LogP contribution < -0.4 is 4.74 Å². The maximum Gasteiger partial charge on any atom is 0.129 e. The van der Waals surface area contributed by atoms with Crippen LogP contribution >= 0.6 is 0 Å². The molecular weight excluding hydrogens is 264 g/mol. The van der Waals surface area contributed by atoms with Crippen LogP contribution in [0.5, 0.6) is 5.75 Å². The number of hydrogen-bond donors (Lipinski definition) is 0. The summed E-state index contributed by atoms with van der Waals surface area (Å²) in [5.74, 6) is 4.22. The van der Waals surface area contributed by atoms with E-state index in [1.54, 1.807) is 7.11 Å². The summed E-state index contributed by atoms with van der Waals surface area (Å²) in [5, 5.41) is 0. The van der Waals surface area contributed by atoms with Gasteiger partial charge in [0.2, 0.25) is 0 Å². The third-order valence-electron chi connectivity index (χ3n) is 3.22. The lowest BCUT2D eigenvalue weighted by Crippen LogP contribution is -2.16. The van der Waals surface area contributed by atoms with Crippen molar-refractivity contribution in [1.82, 2.24) is 0 Å². The Morgan fingerprint density at radius 1 is 1.25 bits per heavy atom. The average molecular weight is 286 g/mol. The number of rotatable bonds is 1. The summed E-state index contributed by atoms with van der Waals surface area (Å²) in [5.41, 5.74) is 8.18. The topological polar surface area (TPSA) is 18.5 Å². The Bertz CT molecular complexity index is 598. The van der Waals surface area contributed by atoms with Gasteiger partial charge in [0, 0.05) is 5.57 Å². The van der Waals surface area contributed by atoms with Crippen molar-refractivity contribution in [2.24, 2.45) is 0 Å². The molecule has 1 aliphatic rings. The molecule has 0 aliphatic carbocycles. The molecule has 3 heteroatoms. The second kappa shape index (κ2) is 5.86. The molecule has 0 spiro atoms. The van der Waals surface area contributed by atoms with Crippen LogP contribution in [0.15, 0.2) is 23.8 Å². The third kappa shape index (κ3) is 3.53. The fourth-order valence-corrected chi connectivity index (χ4v) is 2.68. The van der Waals surface area contributed by atoms with E-state index in [1.165, 1.54) is 16.7 Å². The number of allylic oxidation sites excluding steroid dienone is 1. The zero-order valence-corrected chi connectivity index (χ0v) is 14.0. The SMILES string of the molecule is COc1ccc2c(c1)COC/C2=C(\C)C#C[Si](C)(C)C. The molecule has 0 N–H and O–H groups in total. The van der Waals surface area contributed by atoms with E-state index >= 15 is 0 Å². The van der Waals surface area contributed by atoms with Crippen molar-refractivity contribution < 1.29 is 9.47 Å². The molecule has 0 saturated carbocycles. The van der Waals surface area contributed by atoms with Gasteiger partial charge < -0.3 is 9.47 Å². The number of hydrogen-bond acceptors (Lipinski definition) is 2. The molecule has 0 fully saturated rings. The fraction of sp³-hybridized carbons (Fsp3) is 0.412. The standard InChI is InChI=1S/C17H22O2Si/c1-13(8-9-20(3,4)5)17-12-19-11-14-10-15(18-2)6-7-16(14)17/h6-7,10H,11-12H2,1-5H3/b17-13-. The van der Waals surface area contributed by atoms with E-state index in [2.05, 4.69) is 44.1 Å².